The molecule has 2 aliphatic carbocycles. The standard InChI is InChI=1S/C38H46N2O6S/c1-25-9-8-12-27(19-25)23-47(43,44)24-35(37(42)45-5)40-36(41)34-21-28-13-16-31(46-30-17-14-29(15-18-30)38(2,3)4)22-32(28)33(39-34)20-26-10-6-7-11-26/h8,12-19,21-22,25-26,35H,6-7,9-11,20,23-24H2,1-5H3,(H,40,41)/t25?,35-/m0/s1. The number of benzene rings is 2. The van der Waals surface area contributed by atoms with Crippen molar-refractivity contribution in [1.82, 2.24) is 10.3 Å². The van der Waals surface area contributed by atoms with Crippen LogP contribution in [0.2, 0.25) is 0 Å². The Kier molecular flexibility index (Phi) is 10.5. The number of carbonyl (C=O) groups is 2. The highest BCUT2D eigenvalue weighted by Crippen LogP contribution is 2.33. The lowest BCUT2D eigenvalue weighted by Gasteiger charge is -2.19. The second-order valence-corrected chi connectivity index (χ2v) is 16.1. The fourth-order valence-corrected chi connectivity index (χ4v) is 7.95. The molecular formula is C38H46N2O6S. The van der Waals surface area contributed by atoms with E-state index in [-0.39, 0.29) is 22.8 Å². The van der Waals surface area contributed by atoms with E-state index in [1.807, 2.05) is 49.4 Å². The van der Waals surface area contributed by atoms with Crippen LogP contribution in [0.15, 0.2) is 72.3 Å². The number of aromatic nitrogens is 1. The number of sulfone groups is 1. The van der Waals surface area contributed by atoms with Crippen molar-refractivity contribution in [2.45, 2.75) is 77.7 Å². The predicted octanol–water partition coefficient (Wildman–Crippen LogP) is 7.27. The minimum absolute atomic E-state index is 0.0422. The molecule has 1 heterocycles. The molecule has 0 spiro atoms. The van der Waals surface area contributed by atoms with Gasteiger partial charge in [0.1, 0.15) is 23.2 Å². The number of nitrogens with one attached hydrogen (secondary N) is 1. The number of esters is 1. The molecule has 1 fully saturated rings. The Morgan fingerprint density at radius 3 is 2.38 bits per heavy atom. The van der Waals surface area contributed by atoms with Crippen LogP contribution >= 0.6 is 0 Å². The number of nitrogens with zero attached hydrogens (tertiary/aromatic N) is 1. The van der Waals surface area contributed by atoms with Gasteiger partial charge in [0.2, 0.25) is 0 Å². The molecule has 0 radical (unpaired) electrons. The first-order valence-electron chi connectivity index (χ1n) is 16.5. The van der Waals surface area contributed by atoms with Gasteiger partial charge in [0.15, 0.2) is 9.84 Å². The van der Waals surface area contributed by atoms with Crippen LogP contribution in [0.3, 0.4) is 0 Å². The van der Waals surface area contributed by atoms with Gasteiger partial charge in [-0.25, -0.2) is 18.2 Å². The molecule has 5 rings (SSSR count). The van der Waals surface area contributed by atoms with Crippen LogP contribution in [-0.2, 0) is 31.2 Å². The van der Waals surface area contributed by atoms with Crippen molar-refractivity contribution in [3.05, 3.63) is 89.3 Å². The van der Waals surface area contributed by atoms with Crippen LogP contribution in [0.25, 0.3) is 10.8 Å². The lowest BCUT2D eigenvalue weighted by Crippen LogP contribution is -2.46. The van der Waals surface area contributed by atoms with E-state index in [0.29, 0.717) is 23.7 Å². The van der Waals surface area contributed by atoms with Crippen molar-refractivity contribution in [3.63, 3.8) is 0 Å². The number of carbonyl (C=O) groups excluding carboxylic acids is 2. The monoisotopic (exact) mass is 658 g/mol. The molecule has 0 saturated heterocycles. The van der Waals surface area contributed by atoms with Gasteiger partial charge in [0, 0.05) is 11.1 Å². The SMILES string of the molecule is COC(=O)[C@H](CS(=O)(=O)CC1=CC(C)CC=C1)NC(=O)c1cc2ccc(Oc3ccc(C(C)(C)C)cc3)cc2c(CC2CCCC2)n1. The van der Waals surface area contributed by atoms with Crippen LogP contribution in [0.1, 0.15) is 81.5 Å². The molecule has 2 aromatic carbocycles. The summed E-state index contributed by atoms with van der Waals surface area (Å²) in [6.45, 7) is 8.53. The third kappa shape index (κ3) is 9.10. The Morgan fingerprint density at radius 2 is 1.72 bits per heavy atom. The zero-order chi connectivity index (χ0) is 33.8. The van der Waals surface area contributed by atoms with Crippen molar-refractivity contribution in [1.29, 1.82) is 0 Å². The van der Waals surface area contributed by atoms with Crippen molar-refractivity contribution < 1.29 is 27.5 Å². The summed E-state index contributed by atoms with van der Waals surface area (Å²) in [4.78, 5) is 31.1. The second kappa shape index (κ2) is 14.4. The van der Waals surface area contributed by atoms with Gasteiger partial charge in [-0.2, -0.15) is 0 Å². The summed E-state index contributed by atoms with van der Waals surface area (Å²) in [5, 5.41) is 4.32. The number of rotatable bonds is 11. The van der Waals surface area contributed by atoms with Gasteiger partial charge in [0.25, 0.3) is 5.91 Å². The predicted molar refractivity (Wildman–Crippen MR) is 186 cm³/mol. The highest BCUT2D eigenvalue weighted by molar-refractivity contribution is 7.91. The largest absolute Gasteiger partial charge is 0.467 e. The van der Waals surface area contributed by atoms with Crippen LogP contribution in [0.4, 0.5) is 0 Å². The third-order valence-corrected chi connectivity index (χ3v) is 10.6. The number of amides is 1. The number of pyridine rings is 1. The van der Waals surface area contributed by atoms with Gasteiger partial charge in [0.05, 0.1) is 18.6 Å². The maximum absolute atomic E-state index is 13.6. The molecule has 2 aliphatic rings. The van der Waals surface area contributed by atoms with E-state index < -0.39 is 33.5 Å². The Hall–Kier alpha value is -3.98. The molecule has 1 aromatic heterocycles. The van der Waals surface area contributed by atoms with E-state index >= 15 is 0 Å². The average Bonchev–Trinajstić information content (AvgIpc) is 3.53. The van der Waals surface area contributed by atoms with Gasteiger partial charge < -0.3 is 14.8 Å². The minimum atomic E-state index is -3.76. The van der Waals surface area contributed by atoms with Crippen molar-refractivity contribution in [3.8, 4) is 11.5 Å². The van der Waals surface area contributed by atoms with E-state index in [1.54, 1.807) is 12.1 Å². The summed E-state index contributed by atoms with van der Waals surface area (Å²) in [7, 11) is -2.58. The first-order chi connectivity index (χ1) is 22.3. The fraction of sp³-hybridized carbons (Fsp3) is 0.447. The number of hydrogen-bond acceptors (Lipinski definition) is 7. The molecule has 250 valence electrons. The average molecular weight is 659 g/mol. The Bertz CT molecular complexity index is 1780. The van der Waals surface area contributed by atoms with E-state index in [1.165, 1.54) is 25.5 Å². The van der Waals surface area contributed by atoms with Gasteiger partial charge >= 0.3 is 5.97 Å². The van der Waals surface area contributed by atoms with Crippen LogP contribution < -0.4 is 10.1 Å². The van der Waals surface area contributed by atoms with Gasteiger partial charge in [-0.15, -0.1) is 0 Å². The highest BCUT2D eigenvalue weighted by atomic mass is 32.2. The molecule has 1 unspecified atom stereocenters. The van der Waals surface area contributed by atoms with Gasteiger partial charge in [-0.3, -0.25) is 4.79 Å². The smallest absolute Gasteiger partial charge is 0.329 e. The molecule has 47 heavy (non-hydrogen) atoms. The van der Waals surface area contributed by atoms with Gasteiger partial charge in [-0.1, -0.05) is 89.8 Å². The molecule has 0 aliphatic heterocycles. The molecule has 8 nitrogen and oxygen atoms in total. The molecule has 2 atom stereocenters. The molecule has 1 saturated carbocycles. The minimum Gasteiger partial charge on any atom is -0.467 e. The second-order valence-electron chi connectivity index (χ2n) is 14.0. The lowest BCUT2D eigenvalue weighted by atomic mass is 9.87. The van der Waals surface area contributed by atoms with Crippen LogP contribution in [0.5, 0.6) is 11.5 Å². The van der Waals surface area contributed by atoms with Crippen LogP contribution in [0, 0.1) is 11.8 Å². The molecule has 0 bridgehead atoms. The van der Waals surface area contributed by atoms with Crippen LogP contribution in [-0.4, -0.2) is 49.9 Å². The molecule has 3 aromatic rings. The molecule has 1 N–H and O–H groups in total. The summed E-state index contributed by atoms with van der Waals surface area (Å²) in [6.07, 6.45) is 11.8. The highest BCUT2D eigenvalue weighted by Gasteiger charge is 2.30. The Morgan fingerprint density at radius 1 is 1.02 bits per heavy atom. The number of methoxy groups -OCH3 is 1. The maximum atomic E-state index is 13.6. The molecule has 1 amide bonds. The normalized spacial score (nSPS) is 17.7. The number of allylic oxidation sites excluding steroid dienone is 3. The fourth-order valence-electron chi connectivity index (χ4n) is 6.41. The van der Waals surface area contributed by atoms with Gasteiger partial charge in [-0.05, 0) is 76.9 Å². The summed E-state index contributed by atoms with van der Waals surface area (Å²) in [5.74, 6) is -0.164. The number of ether oxygens (including phenoxy) is 2. The van der Waals surface area contributed by atoms with Crippen molar-refractivity contribution in [2.24, 2.45) is 11.8 Å². The Balaban J connectivity index is 1.40. The topological polar surface area (TPSA) is 112 Å². The van der Waals surface area contributed by atoms with E-state index in [0.717, 1.165) is 41.5 Å². The summed E-state index contributed by atoms with van der Waals surface area (Å²) in [5.41, 5.74) is 2.84. The van der Waals surface area contributed by atoms with Crippen molar-refractivity contribution >= 4 is 32.5 Å². The quantitative estimate of drug-likeness (QED) is 0.216. The van der Waals surface area contributed by atoms with Crippen molar-refractivity contribution in [2.75, 3.05) is 18.6 Å². The zero-order valence-corrected chi connectivity index (χ0v) is 28.9. The molecular weight excluding hydrogens is 612 g/mol. The Labute approximate surface area is 278 Å². The van der Waals surface area contributed by atoms with E-state index in [9.17, 15) is 18.0 Å². The number of hydrogen-bond donors (Lipinski definition) is 1. The summed E-state index contributed by atoms with van der Waals surface area (Å²) >= 11 is 0. The maximum Gasteiger partial charge on any atom is 0.329 e. The summed E-state index contributed by atoms with van der Waals surface area (Å²) < 4.78 is 37.4. The third-order valence-electron chi connectivity index (χ3n) is 8.97. The first kappa shape index (κ1) is 34.4. The lowest BCUT2D eigenvalue weighted by molar-refractivity contribution is -0.142. The zero-order valence-electron chi connectivity index (χ0n) is 28.0. The van der Waals surface area contributed by atoms with E-state index in [2.05, 4.69) is 38.2 Å². The number of fused-ring (bicyclic) bond motifs is 1. The first-order valence-corrected chi connectivity index (χ1v) is 18.3. The summed E-state index contributed by atoms with van der Waals surface area (Å²) in [6, 6.07) is 14.1. The molecule has 9 heteroatoms. The van der Waals surface area contributed by atoms with E-state index in [4.69, 9.17) is 14.5 Å².